The lowest BCUT2D eigenvalue weighted by molar-refractivity contribution is 0.274. The molecular weight excluding hydrogens is 136 g/mol. The maximum atomic E-state index is 11.0. The van der Waals surface area contributed by atoms with Crippen LogP contribution < -0.4 is 5.84 Å². The van der Waals surface area contributed by atoms with Gasteiger partial charge in [0.05, 0.1) is 12.6 Å². The van der Waals surface area contributed by atoms with E-state index >= 15 is 0 Å². The van der Waals surface area contributed by atoms with Gasteiger partial charge < -0.3 is 4.55 Å². The molecule has 2 aliphatic rings. The molecule has 2 rings (SSSR count). The molecule has 0 aromatic rings. The SMILES string of the molecule is NN1C[C@@H]2C[C@H]1C[S@@+]2[O-]. The molecule has 2 bridgehead atoms. The van der Waals surface area contributed by atoms with Crippen LogP contribution in [0.25, 0.3) is 0 Å². The second-order valence-corrected chi connectivity index (χ2v) is 4.52. The maximum absolute atomic E-state index is 11.0. The lowest BCUT2D eigenvalue weighted by Crippen LogP contribution is -2.44. The zero-order chi connectivity index (χ0) is 6.43. The summed E-state index contributed by atoms with van der Waals surface area (Å²) in [5.41, 5.74) is 0. The van der Waals surface area contributed by atoms with Crippen molar-refractivity contribution >= 4 is 11.2 Å². The van der Waals surface area contributed by atoms with E-state index in [1.807, 2.05) is 5.01 Å². The van der Waals surface area contributed by atoms with Gasteiger partial charge in [0, 0.05) is 6.42 Å². The topological polar surface area (TPSA) is 52.3 Å². The van der Waals surface area contributed by atoms with Crippen molar-refractivity contribution in [1.29, 1.82) is 0 Å². The molecule has 2 heterocycles. The van der Waals surface area contributed by atoms with Crippen LogP contribution in [0.1, 0.15) is 6.42 Å². The molecule has 52 valence electrons. The summed E-state index contributed by atoms with van der Waals surface area (Å²) in [6, 6.07) is 0.427. The van der Waals surface area contributed by atoms with Crippen LogP contribution in [0.4, 0.5) is 0 Å². The van der Waals surface area contributed by atoms with E-state index in [0.29, 0.717) is 11.3 Å². The summed E-state index contributed by atoms with van der Waals surface area (Å²) in [7, 11) is 0. The third-order valence-electron chi connectivity index (χ3n) is 2.15. The number of rotatable bonds is 0. The lowest BCUT2D eigenvalue weighted by Gasteiger charge is -2.22. The van der Waals surface area contributed by atoms with Crippen LogP contribution >= 0.6 is 0 Å². The minimum absolute atomic E-state index is 0.389. The molecule has 0 radical (unpaired) electrons. The second kappa shape index (κ2) is 1.85. The highest BCUT2D eigenvalue weighted by Gasteiger charge is 2.46. The van der Waals surface area contributed by atoms with Gasteiger partial charge in [-0.1, -0.05) is 0 Å². The van der Waals surface area contributed by atoms with Crippen molar-refractivity contribution in [3.63, 3.8) is 0 Å². The van der Waals surface area contributed by atoms with Crippen LogP contribution in [-0.4, -0.2) is 33.2 Å². The van der Waals surface area contributed by atoms with E-state index < -0.39 is 11.2 Å². The van der Waals surface area contributed by atoms with E-state index in [9.17, 15) is 4.55 Å². The van der Waals surface area contributed by atoms with Gasteiger partial charge in [-0.2, -0.15) is 0 Å². The normalized spacial score (nSPS) is 50.7. The highest BCUT2D eigenvalue weighted by molar-refractivity contribution is 7.92. The molecule has 0 spiro atoms. The van der Waals surface area contributed by atoms with Gasteiger partial charge in [-0.3, -0.25) is 5.84 Å². The van der Waals surface area contributed by atoms with Gasteiger partial charge >= 0.3 is 0 Å². The van der Waals surface area contributed by atoms with Gasteiger partial charge in [0.1, 0.15) is 11.0 Å². The Bertz CT molecular complexity index is 114. The van der Waals surface area contributed by atoms with Crippen molar-refractivity contribution in [3.05, 3.63) is 0 Å². The summed E-state index contributed by atoms with van der Waals surface area (Å²) in [6.45, 7) is 0.845. The smallest absolute Gasteiger partial charge is 0.131 e. The zero-order valence-corrected chi connectivity index (χ0v) is 5.93. The summed E-state index contributed by atoms with van der Waals surface area (Å²) in [5, 5.41) is 2.21. The highest BCUT2D eigenvalue weighted by Crippen LogP contribution is 2.30. The molecule has 0 amide bonds. The molecule has 0 unspecified atom stereocenters. The predicted molar refractivity (Wildman–Crippen MR) is 36.1 cm³/mol. The Balaban J connectivity index is 2.10. The molecule has 2 aliphatic heterocycles. The van der Waals surface area contributed by atoms with E-state index in [4.69, 9.17) is 5.84 Å². The number of hydrogen-bond acceptors (Lipinski definition) is 3. The van der Waals surface area contributed by atoms with Crippen LogP contribution in [0.3, 0.4) is 0 Å². The van der Waals surface area contributed by atoms with Crippen LogP contribution in [0.2, 0.25) is 0 Å². The molecule has 4 heteroatoms. The van der Waals surface area contributed by atoms with Crippen molar-refractivity contribution in [2.45, 2.75) is 17.7 Å². The third-order valence-corrected chi connectivity index (χ3v) is 3.95. The first-order valence-electron chi connectivity index (χ1n) is 3.16. The maximum Gasteiger partial charge on any atom is 0.131 e. The number of nitrogens with zero attached hydrogens (tertiary/aromatic N) is 1. The summed E-state index contributed by atoms with van der Waals surface area (Å²) >= 11 is -0.553. The highest BCUT2D eigenvalue weighted by atomic mass is 32.2. The molecule has 9 heavy (non-hydrogen) atoms. The van der Waals surface area contributed by atoms with Crippen LogP contribution in [0.5, 0.6) is 0 Å². The average Bonchev–Trinajstić information content (AvgIpc) is 2.24. The fourth-order valence-corrected chi connectivity index (χ4v) is 3.33. The van der Waals surface area contributed by atoms with Gasteiger partial charge in [0.2, 0.25) is 0 Å². The van der Waals surface area contributed by atoms with Gasteiger partial charge in [0.15, 0.2) is 0 Å². The van der Waals surface area contributed by atoms with Gasteiger partial charge in [-0.05, 0) is 11.2 Å². The van der Waals surface area contributed by atoms with E-state index in [1.165, 1.54) is 0 Å². The number of hydrazine groups is 1. The molecule has 0 aliphatic carbocycles. The van der Waals surface area contributed by atoms with Gasteiger partial charge in [-0.25, -0.2) is 5.01 Å². The van der Waals surface area contributed by atoms with E-state index in [2.05, 4.69) is 0 Å². The summed E-state index contributed by atoms with van der Waals surface area (Å²) < 4.78 is 11.0. The second-order valence-electron chi connectivity index (χ2n) is 2.76. The summed E-state index contributed by atoms with van der Waals surface area (Å²) in [6.07, 6.45) is 1.06. The van der Waals surface area contributed by atoms with Crippen LogP contribution in [-0.2, 0) is 11.2 Å². The van der Waals surface area contributed by atoms with Crippen molar-refractivity contribution in [1.82, 2.24) is 5.01 Å². The average molecular weight is 146 g/mol. The Kier molecular flexibility index (Phi) is 1.23. The van der Waals surface area contributed by atoms with Gasteiger partial charge in [0.25, 0.3) is 0 Å². The minimum Gasteiger partial charge on any atom is -0.616 e. The molecule has 2 saturated heterocycles. The van der Waals surface area contributed by atoms with E-state index in [-0.39, 0.29) is 0 Å². The van der Waals surface area contributed by atoms with Crippen LogP contribution in [0.15, 0.2) is 0 Å². The van der Waals surface area contributed by atoms with Crippen LogP contribution in [0, 0.1) is 0 Å². The fourth-order valence-electron chi connectivity index (χ4n) is 1.58. The fraction of sp³-hybridized carbons (Fsp3) is 1.00. The van der Waals surface area contributed by atoms with Crippen molar-refractivity contribution in [2.75, 3.05) is 12.3 Å². The lowest BCUT2D eigenvalue weighted by atomic mass is 10.3. The minimum atomic E-state index is -0.553. The Hall–Kier alpha value is 0.230. The number of hydrogen-bond donors (Lipinski definition) is 1. The molecule has 0 aromatic carbocycles. The summed E-state index contributed by atoms with van der Waals surface area (Å²) in [4.78, 5) is 0. The number of fused-ring (bicyclic) bond motifs is 2. The Morgan fingerprint density at radius 3 is 2.78 bits per heavy atom. The molecular formula is C5H10N2OS. The monoisotopic (exact) mass is 146 g/mol. The largest absolute Gasteiger partial charge is 0.616 e. The first kappa shape index (κ1) is 5.97. The summed E-state index contributed by atoms with van der Waals surface area (Å²) in [5.74, 6) is 6.39. The molecule has 0 aromatic heterocycles. The van der Waals surface area contributed by atoms with Crippen molar-refractivity contribution in [2.24, 2.45) is 5.84 Å². The molecule has 3 atom stereocenters. The first-order valence-corrected chi connectivity index (χ1v) is 4.54. The zero-order valence-electron chi connectivity index (χ0n) is 5.12. The first-order chi connectivity index (χ1) is 4.27. The standard InChI is InChI=1S/C5H10N2OS/c6-7-2-5-1-4(7)3-9(5)8/h4-5H,1-3,6H2/t4-,5-,9+/m0/s1. The molecule has 2 fully saturated rings. The van der Waals surface area contributed by atoms with E-state index in [1.54, 1.807) is 0 Å². The Morgan fingerprint density at radius 2 is 2.44 bits per heavy atom. The quantitative estimate of drug-likeness (QED) is 0.355. The molecule has 2 N–H and O–H groups in total. The van der Waals surface area contributed by atoms with Crippen molar-refractivity contribution < 1.29 is 4.55 Å². The predicted octanol–water partition coefficient (Wildman–Crippen LogP) is -0.935. The number of nitrogens with two attached hydrogens (primary N) is 1. The Morgan fingerprint density at radius 1 is 1.67 bits per heavy atom. The van der Waals surface area contributed by atoms with Crippen molar-refractivity contribution in [3.8, 4) is 0 Å². The van der Waals surface area contributed by atoms with Gasteiger partial charge in [-0.15, -0.1) is 0 Å². The third kappa shape index (κ3) is 0.781. The molecule has 3 nitrogen and oxygen atoms in total. The van der Waals surface area contributed by atoms with E-state index in [0.717, 1.165) is 18.7 Å². The Labute approximate surface area is 57.4 Å². The molecule has 0 saturated carbocycles.